The first-order chi connectivity index (χ1) is 8.69. The highest BCUT2D eigenvalue weighted by Crippen LogP contribution is 2.26. The van der Waals surface area contributed by atoms with Crippen LogP contribution in [0.15, 0.2) is 12.1 Å². The van der Waals surface area contributed by atoms with E-state index in [1.165, 1.54) is 6.92 Å². The van der Waals surface area contributed by atoms with E-state index in [1.54, 1.807) is 27.0 Å². The maximum Gasteiger partial charge on any atom is 0.303 e. The molecule has 0 N–H and O–H groups in total. The van der Waals surface area contributed by atoms with Gasteiger partial charge in [0.15, 0.2) is 5.60 Å². The van der Waals surface area contributed by atoms with Crippen LogP contribution in [0.1, 0.15) is 42.3 Å². The van der Waals surface area contributed by atoms with E-state index in [4.69, 9.17) is 9.47 Å². The van der Waals surface area contributed by atoms with Gasteiger partial charge < -0.3 is 9.47 Å². The Labute approximate surface area is 113 Å². The van der Waals surface area contributed by atoms with Crippen molar-refractivity contribution in [1.29, 1.82) is 0 Å². The van der Waals surface area contributed by atoms with Crippen LogP contribution in [-0.4, -0.2) is 24.5 Å². The summed E-state index contributed by atoms with van der Waals surface area (Å²) in [6, 6.07) is 3.58. The molecule has 1 aromatic carbocycles. The van der Waals surface area contributed by atoms with Crippen LogP contribution >= 0.6 is 0 Å². The predicted molar refractivity (Wildman–Crippen MR) is 72.6 cm³/mol. The first-order valence-electron chi connectivity index (χ1n) is 6.08. The number of carbonyl (C=O) groups excluding carboxylic acids is 2. The summed E-state index contributed by atoms with van der Waals surface area (Å²) in [5, 5.41) is 0. The molecule has 0 radical (unpaired) electrons. The minimum absolute atomic E-state index is 0.217. The van der Waals surface area contributed by atoms with Crippen LogP contribution in [0.5, 0.6) is 5.75 Å². The van der Waals surface area contributed by atoms with Gasteiger partial charge in [-0.1, -0.05) is 0 Å². The van der Waals surface area contributed by atoms with Gasteiger partial charge in [0, 0.05) is 12.5 Å². The number of ketones is 1. The highest BCUT2D eigenvalue weighted by atomic mass is 16.6. The van der Waals surface area contributed by atoms with Crippen LogP contribution in [0.3, 0.4) is 0 Å². The smallest absolute Gasteiger partial charge is 0.303 e. The number of ether oxygens (including phenoxy) is 2. The molecule has 0 amide bonds. The van der Waals surface area contributed by atoms with Gasteiger partial charge in [-0.15, -0.1) is 0 Å². The normalized spacial score (nSPS) is 11.1. The van der Waals surface area contributed by atoms with E-state index >= 15 is 0 Å². The zero-order valence-corrected chi connectivity index (χ0v) is 12.3. The lowest BCUT2D eigenvalue weighted by Crippen LogP contribution is -2.37. The fourth-order valence-electron chi connectivity index (χ4n) is 1.98. The van der Waals surface area contributed by atoms with E-state index in [0.717, 1.165) is 16.9 Å². The lowest BCUT2D eigenvalue weighted by Gasteiger charge is -2.24. The third kappa shape index (κ3) is 3.34. The minimum atomic E-state index is -1.17. The molecule has 4 heteroatoms. The number of aryl methyl sites for hydroxylation is 2. The highest BCUT2D eigenvalue weighted by Gasteiger charge is 2.33. The van der Waals surface area contributed by atoms with Crippen LogP contribution in [0.2, 0.25) is 0 Å². The maximum atomic E-state index is 12.5. The van der Waals surface area contributed by atoms with Crippen molar-refractivity contribution >= 4 is 11.8 Å². The molecule has 0 bridgehead atoms. The molecule has 0 spiro atoms. The Morgan fingerprint density at radius 2 is 1.68 bits per heavy atom. The molecule has 0 aliphatic heterocycles. The predicted octanol–water partition coefficient (Wildman–Crippen LogP) is 2.84. The van der Waals surface area contributed by atoms with Gasteiger partial charge in [0.1, 0.15) is 5.75 Å². The first kappa shape index (κ1) is 15.2. The van der Waals surface area contributed by atoms with E-state index in [1.807, 2.05) is 19.9 Å². The molecule has 0 saturated carbocycles. The minimum Gasteiger partial charge on any atom is -0.496 e. The largest absolute Gasteiger partial charge is 0.496 e. The summed E-state index contributed by atoms with van der Waals surface area (Å²) in [5.74, 6) is 0.0477. The molecule has 104 valence electrons. The fourth-order valence-corrected chi connectivity index (χ4v) is 1.98. The summed E-state index contributed by atoms with van der Waals surface area (Å²) in [6.07, 6.45) is 0. The van der Waals surface area contributed by atoms with Crippen LogP contribution in [0.4, 0.5) is 0 Å². The summed E-state index contributed by atoms with van der Waals surface area (Å²) in [5.41, 5.74) is 1.05. The summed E-state index contributed by atoms with van der Waals surface area (Å²) < 4.78 is 10.3. The van der Waals surface area contributed by atoms with Crippen molar-refractivity contribution in [2.45, 2.75) is 40.2 Å². The van der Waals surface area contributed by atoms with Crippen molar-refractivity contribution < 1.29 is 19.1 Å². The van der Waals surface area contributed by atoms with Crippen molar-refractivity contribution in [2.75, 3.05) is 7.11 Å². The number of hydrogen-bond acceptors (Lipinski definition) is 4. The Bertz CT molecular complexity index is 515. The van der Waals surface area contributed by atoms with Crippen molar-refractivity contribution in [1.82, 2.24) is 0 Å². The quantitative estimate of drug-likeness (QED) is 0.620. The third-order valence-corrected chi connectivity index (χ3v) is 2.93. The molecule has 0 atom stereocenters. The second kappa shape index (κ2) is 5.43. The highest BCUT2D eigenvalue weighted by molar-refractivity contribution is 6.04. The molecule has 0 aromatic heterocycles. The Morgan fingerprint density at radius 3 is 2.16 bits per heavy atom. The second-order valence-electron chi connectivity index (χ2n) is 5.07. The van der Waals surface area contributed by atoms with Crippen LogP contribution in [0, 0.1) is 13.8 Å². The van der Waals surface area contributed by atoms with Crippen molar-refractivity contribution in [2.24, 2.45) is 0 Å². The summed E-state index contributed by atoms with van der Waals surface area (Å²) in [7, 11) is 1.59. The molecular weight excluding hydrogens is 244 g/mol. The summed E-state index contributed by atoms with van der Waals surface area (Å²) in [6.45, 7) is 8.18. The average Bonchev–Trinajstić information content (AvgIpc) is 2.29. The monoisotopic (exact) mass is 264 g/mol. The average molecular weight is 264 g/mol. The van der Waals surface area contributed by atoms with Gasteiger partial charge in [-0.2, -0.15) is 0 Å². The molecule has 0 saturated heterocycles. The van der Waals surface area contributed by atoms with Gasteiger partial charge in [0.2, 0.25) is 5.78 Å². The molecule has 1 rings (SSSR count). The Hall–Kier alpha value is -1.84. The van der Waals surface area contributed by atoms with Crippen LogP contribution in [0.25, 0.3) is 0 Å². The van der Waals surface area contributed by atoms with E-state index in [9.17, 15) is 9.59 Å². The molecule has 0 aliphatic carbocycles. The van der Waals surface area contributed by atoms with Crippen molar-refractivity contribution in [3.63, 3.8) is 0 Å². The molecule has 0 unspecified atom stereocenters. The number of benzene rings is 1. The van der Waals surface area contributed by atoms with E-state index in [2.05, 4.69) is 0 Å². The van der Waals surface area contributed by atoms with Gasteiger partial charge in [-0.05, 0) is 51.0 Å². The number of Topliss-reactive ketones (excluding diaryl/α,β-unsaturated/α-hetero) is 1. The first-order valence-corrected chi connectivity index (χ1v) is 6.08. The molecule has 0 heterocycles. The Morgan fingerprint density at radius 1 is 1.11 bits per heavy atom. The Balaban J connectivity index is 3.20. The zero-order chi connectivity index (χ0) is 14.8. The van der Waals surface area contributed by atoms with Gasteiger partial charge in [-0.3, -0.25) is 9.59 Å². The number of methoxy groups -OCH3 is 1. The molecule has 19 heavy (non-hydrogen) atoms. The number of hydrogen-bond donors (Lipinski definition) is 0. The van der Waals surface area contributed by atoms with Crippen molar-refractivity contribution in [3.8, 4) is 5.75 Å². The lowest BCUT2D eigenvalue weighted by molar-refractivity contribution is -0.149. The van der Waals surface area contributed by atoms with Crippen LogP contribution < -0.4 is 4.74 Å². The number of esters is 1. The van der Waals surface area contributed by atoms with Gasteiger partial charge in [0.25, 0.3) is 0 Å². The van der Waals surface area contributed by atoms with E-state index in [0.29, 0.717) is 5.56 Å². The molecule has 0 aliphatic rings. The van der Waals surface area contributed by atoms with Crippen molar-refractivity contribution in [3.05, 3.63) is 28.8 Å². The fraction of sp³-hybridized carbons (Fsp3) is 0.467. The Kier molecular flexibility index (Phi) is 4.35. The standard InChI is InChI=1S/C15H20O4/c1-9-8-13(18-6)10(2)7-12(9)14(17)15(4,5)19-11(3)16/h7-8H,1-6H3. The van der Waals surface area contributed by atoms with Gasteiger partial charge >= 0.3 is 5.97 Å². The van der Waals surface area contributed by atoms with Gasteiger partial charge in [-0.25, -0.2) is 0 Å². The maximum absolute atomic E-state index is 12.5. The molecular formula is C15H20O4. The SMILES string of the molecule is COc1cc(C)c(C(=O)C(C)(C)OC(C)=O)cc1C. The lowest BCUT2D eigenvalue weighted by atomic mass is 9.92. The molecule has 4 nitrogen and oxygen atoms in total. The summed E-state index contributed by atoms with van der Waals surface area (Å²) >= 11 is 0. The number of carbonyl (C=O) groups is 2. The van der Waals surface area contributed by atoms with E-state index < -0.39 is 11.6 Å². The number of rotatable bonds is 4. The zero-order valence-electron chi connectivity index (χ0n) is 12.3. The second-order valence-corrected chi connectivity index (χ2v) is 5.07. The summed E-state index contributed by atoms with van der Waals surface area (Å²) in [4.78, 5) is 23.5. The topological polar surface area (TPSA) is 52.6 Å². The molecule has 1 aromatic rings. The van der Waals surface area contributed by atoms with E-state index in [-0.39, 0.29) is 5.78 Å². The van der Waals surface area contributed by atoms with Crippen LogP contribution in [-0.2, 0) is 9.53 Å². The van der Waals surface area contributed by atoms with Gasteiger partial charge in [0.05, 0.1) is 7.11 Å². The third-order valence-electron chi connectivity index (χ3n) is 2.93. The molecule has 0 fully saturated rings.